The van der Waals surface area contributed by atoms with Crippen molar-refractivity contribution in [3.8, 4) is 0 Å². The molecule has 0 radical (unpaired) electrons. The molecule has 0 spiro atoms. The third kappa shape index (κ3) is 3.39. The first-order chi connectivity index (χ1) is 7.15. The van der Waals surface area contributed by atoms with Crippen molar-refractivity contribution >= 4 is 5.91 Å². The van der Waals surface area contributed by atoms with Crippen molar-refractivity contribution in [1.82, 2.24) is 4.90 Å². The van der Waals surface area contributed by atoms with E-state index in [0.29, 0.717) is 0 Å². The van der Waals surface area contributed by atoms with E-state index in [9.17, 15) is 4.79 Å². The van der Waals surface area contributed by atoms with Gasteiger partial charge in [0.25, 0.3) is 5.91 Å². The third-order valence-electron chi connectivity index (χ3n) is 2.40. The first-order valence-electron chi connectivity index (χ1n) is 5.45. The molecule has 2 nitrogen and oxygen atoms in total. The van der Waals surface area contributed by atoms with Gasteiger partial charge >= 0.3 is 0 Å². The molecule has 0 heterocycles. The van der Waals surface area contributed by atoms with Gasteiger partial charge in [-0.1, -0.05) is 25.5 Å². The molecule has 0 aliphatic carbocycles. The maximum atomic E-state index is 11.7. The van der Waals surface area contributed by atoms with Gasteiger partial charge in [-0.2, -0.15) is 0 Å². The van der Waals surface area contributed by atoms with Crippen molar-refractivity contribution in [1.29, 1.82) is 0 Å². The summed E-state index contributed by atoms with van der Waals surface area (Å²) in [5, 5.41) is 0. The van der Waals surface area contributed by atoms with E-state index in [1.807, 2.05) is 18.2 Å². The molecule has 0 unspecified atom stereocenters. The molecule has 1 aromatic rings. The topological polar surface area (TPSA) is 20.3 Å². The molecule has 0 aliphatic rings. The summed E-state index contributed by atoms with van der Waals surface area (Å²) in [6, 6.07) is 7.92. The van der Waals surface area contributed by atoms with E-state index in [2.05, 4.69) is 13.0 Å². The van der Waals surface area contributed by atoms with E-state index in [1.54, 1.807) is 19.0 Å². The second-order valence-electron chi connectivity index (χ2n) is 4.00. The molecule has 0 bridgehead atoms. The lowest BCUT2D eigenvalue weighted by Crippen LogP contribution is -2.21. The van der Waals surface area contributed by atoms with E-state index in [1.165, 1.54) is 18.4 Å². The largest absolute Gasteiger partial charge is 0.345 e. The number of amides is 1. The van der Waals surface area contributed by atoms with Gasteiger partial charge in [-0.05, 0) is 30.5 Å². The molecule has 0 atom stereocenters. The van der Waals surface area contributed by atoms with Gasteiger partial charge in [0.05, 0.1) is 0 Å². The molecule has 1 aromatic carbocycles. The fourth-order valence-electron chi connectivity index (χ4n) is 1.50. The Hall–Kier alpha value is -1.31. The molecular weight excluding hydrogens is 186 g/mol. The highest BCUT2D eigenvalue weighted by Crippen LogP contribution is 2.10. The number of aryl methyl sites for hydroxylation is 1. The molecule has 0 aliphatic heterocycles. The Morgan fingerprint density at radius 1 is 1.33 bits per heavy atom. The molecule has 1 amide bonds. The molecule has 15 heavy (non-hydrogen) atoms. The van der Waals surface area contributed by atoms with Gasteiger partial charge in [0.1, 0.15) is 0 Å². The van der Waals surface area contributed by atoms with Crippen LogP contribution < -0.4 is 0 Å². The zero-order chi connectivity index (χ0) is 11.3. The number of carbonyl (C=O) groups is 1. The highest BCUT2D eigenvalue weighted by atomic mass is 16.2. The van der Waals surface area contributed by atoms with Crippen LogP contribution in [-0.2, 0) is 6.42 Å². The minimum atomic E-state index is 0.0772. The van der Waals surface area contributed by atoms with Crippen LogP contribution in [-0.4, -0.2) is 24.9 Å². The van der Waals surface area contributed by atoms with Crippen LogP contribution in [0.25, 0.3) is 0 Å². The van der Waals surface area contributed by atoms with E-state index < -0.39 is 0 Å². The van der Waals surface area contributed by atoms with Crippen LogP contribution in [0.3, 0.4) is 0 Å². The lowest BCUT2D eigenvalue weighted by molar-refractivity contribution is 0.0827. The van der Waals surface area contributed by atoms with E-state index in [0.717, 1.165) is 12.0 Å². The summed E-state index contributed by atoms with van der Waals surface area (Å²) in [5.74, 6) is 0.0772. The second kappa shape index (κ2) is 5.54. The quantitative estimate of drug-likeness (QED) is 0.740. The molecule has 0 aromatic heterocycles. The van der Waals surface area contributed by atoms with Crippen LogP contribution in [0, 0.1) is 0 Å². The first-order valence-corrected chi connectivity index (χ1v) is 5.45. The van der Waals surface area contributed by atoms with E-state index in [-0.39, 0.29) is 5.91 Å². The van der Waals surface area contributed by atoms with Crippen LogP contribution in [0.1, 0.15) is 35.7 Å². The van der Waals surface area contributed by atoms with Crippen molar-refractivity contribution in [2.75, 3.05) is 14.1 Å². The normalized spacial score (nSPS) is 10.1. The Kier molecular flexibility index (Phi) is 4.35. The summed E-state index contributed by atoms with van der Waals surface area (Å²) in [6.07, 6.45) is 3.43. The molecular formula is C13H19NO. The van der Waals surface area contributed by atoms with Crippen molar-refractivity contribution < 1.29 is 4.79 Å². The predicted octanol–water partition coefficient (Wildman–Crippen LogP) is 2.73. The monoisotopic (exact) mass is 205 g/mol. The fraction of sp³-hybridized carbons (Fsp3) is 0.462. The highest BCUT2D eigenvalue weighted by Gasteiger charge is 2.07. The first kappa shape index (κ1) is 11.8. The third-order valence-corrected chi connectivity index (χ3v) is 2.40. The Labute approximate surface area is 91.9 Å². The van der Waals surface area contributed by atoms with Gasteiger partial charge in [-0.25, -0.2) is 0 Å². The Bertz CT molecular complexity index is 331. The van der Waals surface area contributed by atoms with E-state index in [4.69, 9.17) is 0 Å². The van der Waals surface area contributed by atoms with Gasteiger partial charge < -0.3 is 4.90 Å². The number of unbranched alkanes of at least 4 members (excludes halogenated alkanes) is 1. The zero-order valence-electron chi connectivity index (χ0n) is 9.79. The molecule has 82 valence electrons. The van der Waals surface area contributed by atoms with Gasteiger partial charge in [0.2, 0.25) is 0 Å². The Balaban J connectivity index is 2.78. The number of hydrogen-bond donors (Lipinski definition) is 0. The fourth-order valence-corrected chi connectivity index (χ4v) is 1.50. The van der Waals surface area contributed by atoms with Crippen LogP contribution in [0.4, 0.5) is 0 Å². The highest BCUT2D eigenvalue weighted by molar-refractivity contribution is 5.94. The number of hydrogen-bond acceptors (Lipinski definition) is 1. The van der Waals surface area contributed by atoms with E-state index >= 15 is 0 Å². The SMILES string of the molecule is CCCCc1cccc(C(=O)N(C)C)c1. The minimum Gasteiger partial charge on any atom is -0.345 e. The van der Waals surface area contributed by atoms with Crippen molar-refractivity contribution in [3.63, 3.8) is 0 Å². The van der Waals surface area contributed by atoms with Gasteiger partial charge in [0.15, 0.2) is 0 Å². The zero-order valence-corrected chi connectivity index (χ0v) is 9.79. The number of rotatable bonds is 4. The molecule has 0 N–H and O–H groups in total. The smallest absolute Gasteiger partial charge is 0.253 e. The molecule has 1 rings (SSSR count). The average Bonchev–Trinajstić information content (AvgIpc) is 2.25. The molecule has 0 fully saturated rings. The number of carbonyl (C=O) groups excluding carboxylic acids is 1. The summed E-state index contributed by atoms with van der Waals surface area (Å²) in [5.41, 5.74) is 2.04. The van der Waals surface area contributed by atoms with Crippen molar-refractivity contribution in [2.45, 2.75) is 26.2 Å². The second-order valence-corrected chi connectivity index (χ2v) is 4.00. The Morgan fingerprint density at radius 3 is 2.67 bits per heavy atom. The maximum absolute atomic E-state index is 11.7. The maximum Gasteiger partial charge on any atom is 0.253 e. The van der Waals surface area contributed by atoms with Crippen LogP contribution in [0.15, 0.2) is 24.3 Å². The summed E-state index contributed by atoms with van der Waals surface area (Å²) < 4.78 is 0. The van der Waals surface area contributed by atoms with Gasteiger partial charge in [0, 0.05) is 19.7 Å². The molecule has 0 saturated heterocycles. The summed E-state index contributed by atoms with van der Waals surface area (Å²) >= 11 is 0. The van der Waals surface area contributed by atoms with Crippen LogP contribution in [0.5, 0.6) is 0 Å². The van der Waals surface area contributed by atoms with Crippen molar-refractivity contribution in [2.24, 2.45) is 0 Å². The molecule has 0 saturated carbocycles. The van der Waals surface area contributed by atoms with Crippen molar-refractivity contribution in [3.05, 3.63) is 35.4 Å². The minimum absolute atomic E-state index is 0.0772. The Morgan fingerprint density at radius 2 is 2.07 bits per heavy atom. The van der Waals surface area contributed by atoms with Gasteiger partial charge in [-0.3, -0.25) is 4.79 Å². The van der Waals surface area contributed by atoms with Crippen LogP contribution >= 0.6 is 0 Å². The average molecular weight is 205 g/mol. The predicted molar refractivity (Wildman–Crippen MR) is 63.1 cm³/mol. The lowest BCUT2D eigenvalue weighted by atomic mass is 10.1. The lowest BCUT2D eigenvalue weighted by Gasteiger charge is -2.11. The standard InChI is InChI=1S/C13H19NO/c1-4-5-7-11-8-6-9-12(10-11)13(15)14(2)3/h6,8-10H,4-5,7H2,1-3H3. The summed E-state index contributed by atoms with van der Waals surface area (Å²) in [6.45, 7) is 2.18. The number of benzene rings is 1. The summed E-state index contributed by atoms with van der Waals surface area (Å²) in [7, 11) is 3.56. The number of nitrogens with zero attached hydrogens (tertiary/aromatic N) is 1. The summed E-state index contributed by atoms with van der Waals surface area (Å²) in [4.78, 5) is 13.3. The molecule has 2 heteroatoms. The van der Waals surface area contributed by atoms with Gasteiger partial charge in [-0.15, -0.1) is 0 Å². The van der Waals surface area contributed by atoms with Crippen LogP contribution in [0.2, 0.25) is 0 Å².